The predicted octanol–water partition coefficient (Wildman–Crippen LogP) is 2.59. The zero-order valence-corrected chi connectivity index (χ0v) is 15.8. The molecule has 0 bridgehead atoms. The third-order valence-corrected chi connectivity index (χ3v) is 4.80. The van der Waals surface area contributed by atoms with E-state index in [1.807, 2.05) is 0 Å². The molecule has 138 valence electrons. The maximum absolute atomic E-state index is 13.0. The molecule has 2 aromatic carbocycles. The lowest BCUT2D eigenvalue weighted by atomic mass is 10.2. The molecule has 0 saturated carbocycles. The highest BCUT2D eigenvalue weighted by molar-refractivity contribution is 7.99. The third-order valence-electron chi connectivity index (χ3n) is 3.62. The number of fused-ring (bicyclic) bond motifs is 1. The highest BCUT2D eigenvalue weighted by Crippen LogP contribution is 2.22. The lowest BCUT2D eigenvalue weighted by Gasteiger charge is -2.13. The zero-order valence-electron chi connectivity index (χ0n) is 14.2. The number of para-hydroxylation sites is 1. The summed E-state index contributed by atoms with van der Waals surface area (Å²) in [5.74, 6) is -0.585. The SMILES string of the molecule is CNC(=O)NC(=O)CSc1nc2ccccc2c(=O)n1-c1cccc(Cl)c1. The number of nitrogens with one attached hydrogen (secondary N) is 2. The Hall–Kier alpha value is -2.84. The molecule has 0 atom stereocenters. The van der Waals surface area contributed by atoms with Gasteiger partial charge < -0.3 is 5.32 Å². The van der Waals surface area contributed by atoms with Gasteiger partial charge in [-0.25, -0.2) is 9.78 Å². The molecule has 0 unspecified atom stereocenters. The van der Waals surface area contributed by atoms with Gasteiger partial charge in [0.15, 0.2) is 5.16 Å². The van der Waals surface area contributed by atoms with E-state index in [0.29, 0.717) is 26.8 Å². The van der Waals surface area contributed by atoms with Crippen LogP contribution in [0.2, 0.25) is 5.02 Å². The second-order valence-electron chi connectivity index (χ2n) is 5.45. The molecule has 2 N–H and O–H groups in total. The molecule has 3 aromatic rings. The number of hydrogen-bond acceptors (Lipinski definition) is 5. The summed E-state index contributed by atoms with van der Waals surface area (Å²) < 4.78 is 1.41. The van der Waals surface area contributed by atoms with Gasteiger partial charge in [0.1, 0.15) is 0 Å². The van der Waals surface area contributed by atoms with Gasteiger partial charge in [0, 0.05) is 12.1 Å². The van der Waals surface area contributed by atoms with E-state index in [9.17, 15) is 14.4 Å². The molecule has 9 heteroatoms. The molecular formula is C18H15ClN4O3S. The van der Waals surface area contributed by atoms with Crippen LogP contribution in [0.15, 0.2) is 58.5 Å². The van der Waals surface area contributed by atoms with Crippen LogP contribution in [0.4, 0.5) is 4.79 Å². The topological polar surface area (TPSA) is 93.1 Å². The van der Waals surface area contributed by atoms with Crippen molar-refractivity contribution in [3.8, 4) is 5.69 Å². The molecule has 0 aliphatic rings. The summed E-state index contributed by atoms with van der Waals surface area (Å²) in [7, 11) is 1.41. The Kier molecular flexibility index (Phi) is 5.78. The number of thioether (sulfide) groups is 1. The quantitative estimate of drug-likeness (QED) is 0.517. The number of carbonyl (C=O) groups excluding carboxylic acids is 2. The summed E-state index contributed by atoms with van der Waals surface area (Å²) in [6.45, 7) is 0. The van der Waals surface area contributed by atoms with Crippen LogP contribution >= 0.6 is 23.4 Å². The number of urea groups is 1. The fourth-order valence-corrected chi connectivity index (χ4v) is 3.40. The highest BCUT2D eigenvalue weighted by Gasteiger charge is 2.15. The molecule has 0 aliphatic carbocycles. The minimum Gasteiger partial charge on any atom is -0.341 e. The lowest BCUT2D eigenvalue weighted by molar-refractivity contribution is -0.117. The summed E-state index contributed by atoms with van der Waals surface area (Å²) in [4.78, 5) is 40.7. The lowest BCUT2D eigenvalue weighted by Crippen LogP contribution is -2.38. The van der Waals surface area contributed by atoms with Crippen molar-refractivity contribution in [1.82, 2.24) is 20.2 Å². The number of benzene rings is 2. The third kappa shape index (κ3) is 4.29. The van der Waals surface area contributed by atoms with Crippen molar-refractivity contribution in [2.45, 2.75) is 5.16 Å². The van der Waals surface area contributed by atoms with E-state index in [4.69, 9.17) is 11.6 Å². The number of rotatable bonds is 4. The van der Waals surface area contributed by atoms with Gasteiger partial charge in [0.2, 0.25) is 5.91 Å². The van der Waals surface area contributed by atoms with Crippen molar-refractivity contribution in [1.29, 1.82) is 0 Å². The molecule has 3 rings (SSSR count). The highest BCUT2D eigenvalue weighted by atomic mass is 35.5. The minimum atomic E-state index is -0.598. The van der Waals surface area contributed by atoms with Gasteiger partial charge >= 0.3 is 6.03 Å². The van der Waals surface area contributed by atoms with E-state index in [-0.39, 0.29) is 11.3 Å². The van der Waals surface area contributed by atoms with Crippen molar-refractivity contribution >= 4 is 46.2 Å². The normalized spacial score (nSPS) is 10.6. The van der Waals surface area contributed by atoms with Crippen LogP contribution in [0.3, 0.4) is 0 Å². The van der Waals surface area contributed by atoms with Crippen LogP contribution in [0, 0.1) is 0 Å². The molecule has 0 aliphatic heterocycles. The summed E-state index contributed by atoms with van der Waals surface area (Å²) >= 11 is 7.12. The Morgan fingerprint density at radius 3 is 2.70 bits per heavy atom. The molecular weight excluding hydrogens is 388 g/mol. The second-order valence-corrected chi connectivity index (χ2v) is 6.83. The second kappa shape index (κ2) is 8.24. The van der Waals surface area contributed by atoms with Gasteiger partial charge in [-0.3, -0.25) is 19.5 Å². The molecule has 0 spiro atoms. The van der Waals surface area contributed by atoms with Crippen molar-refractivity contribution in [3.63, 3.8) is 0 Å². The van der Waals surface area contributed by atoms with Gasteiger partial charge in [-0.05, 0) is 30.3 Å². The van der Waals surface area contributed by atoms with Crippen LogP contribution in [0.25, 0.3) is 16.6 Å². The maximum Gasteiger partial charge on any atom is 0.321 e. The van der Waals surface area contributed by atoms with Crippen molar-refractivity contribution < 1.29 is 9.59 Å². The number of aromatic nitrogens is 2. The monoisotopic (exact) mass is 402 g/mol. The van der Waals surface area contributed by atoms with Gasteiger partial charge in [0.05, 0.1) is 22.3 Å². The van der Waals surface area contributed by atoms with E-state index in [2.05, 4.69) is 15.6 Å². The largest absolute Gasteiger partial charge is 0.341 e. The molecule has 1 aromatic heterocycles. The van der Waals surface area contributed by atoms with Crippen molar-refractivity contribution in [2.24, 2.45) is 0 Å². The molecule has 0 fully saturated rings. The Bertz CT molecular complexity index is 1080. The Labute approximate surface area is 163 Å². The van der Waals surface area contributed by atoms with E-state index >= 15 is 0 Å². The van der Waals surface area contributed by atoms with Crippen LogP contribution in [0.1, 0.15) is 0 Å². The smallest absolute Gasteiger partial charge is 0.321 e. The molecule has 3 amide bonds. The maximum atomic E-state index is 13.0. The first-order valence-corrected chi connectivity index (χ1v) is 9.28. The van der Waals surface area contributed by atoms with Gasteiger partial charge in [-0.2, -0.15) is 0 Å². The summed E-state index contributed by atoms with van der Waals surface area (Å²) in [5.41, 5.74) is 0.798. The van der Waals surface area contributed by atoms with E-state index in [1.54, 1.807) is 48.5 Å². The predicted molar refractivity (Wildman–Crippen MR) is 106 cm³/mol. The Morgan fingerprint density at radius 2 is 1.96 bits per heavy atom. The zero-order chi connectivity index (χ0) is 19.4. The van der Waals surface area contributed by atoms with E-state index in [0.717, 1.165) is 11.8 Å². The van der Waals surface area contributed by atoms with Crippen LogP contribution < -0.4 is 16.2 Å². The fraction of sp³-hybridized carbons (Fsp3) is 0.111. The number of imide groups is 1. The first-order valence-electron chi connectivity index (χ1n) is 7.91. The standard InChI is InChI=1S/C18H15ClN4O3S/c1-20-17(26)22-15(24)10-27-18-21-14-8-3-2-7-13(14)16(25)23(18)12-6-4-5-11(19)9-12/h2-9H,10H2,1H3,(H2,20,22,24,26). The van der Waals surface area contributed by atoms with Crippen LogP contribution in [-0.4, -0.2) is 34.3 Å². The number of nitrogens with zero attached hydrogens (tertiary/aromatic N) is 2. The Morgan fingerprint density at radius 1 is 1.19 bits per heavy atom. The number of amides is 3. The Balaban J connectivity index is 2.05. The van der Waals surface area contributed by atoms with Gasteiger partial charge in [-0.15, -0.1) is 0 Å². The van der Waals surface area contributed by atoms with Crippen LogP contribution in [0.5, 0.6) is 0 Å². The summed E-state index contributed by atoms with van der Waals surface area (Å²) in [6.07, 6.45) is 0. The van der Waals surface area contributed by atoms with Gasteiger partial charge in [-0.1, -0.05) is 41.6 Å². The fourth-order valence-electron chi connectivity index (χ4n) is 2.41. The minimum absolute atomic E-state index is 0.0846. The summed E-state index contributed by atoms with van der Waals surface area (Å²) in [5, 5.41) is 5.73. The first-order chi connectivity index (χ1) is 13.0. The molecule has 1 heterocycles. The average Bonchev–Trinajstić information content (AvgIpc) is 2.66. The number of hydrogen-bond donors (Lipinski definition) is 2. The van der Waals surface area contributed by atoms with Crippen LogP contribution in [-0.2, 0) is 4.79 Å². The van der Waals surface area contributed by atoms with E-state index < -0.39 is 11.9 Å². The number of carbonyl (C=O) groups is 2. The molecule has 0 saturated heterocycles. The van der Waals surface area contributed by atoms with Crippen molar-refractivity contribution in [2.75, 3.05) is 12.8 Å². The number of halogens is 1. The molecule has 7 nitrogen and oxygen atoms in total. The average molecular weight is 403 g/mol. The van der Waals surface area contributed by atoms with E-state index in [1.165, 1.54) is 11.6 Å². The van der Waals surface area contributed by atoms with Crippen molar-refractivity contribution in [3.05, 3.63) is 63.9 Å². The van der Waals surface area contributed by atoms with Gasteiger partial charge in [0.25, 0.3) is 5.56 Å². The molecule has 27 heavy (non-hydrogen) atoms. The first kappa shape index (κ1) is 18.9. The molecule has 0 radical (unpaired) electrons. The summed E-state index contributed by atoms with van der Waals surface area (Å²) in [6, 6.07) is 13.2.